The molecule has 152 valence electrons. The Kier molecular flexibility index (Phi) is 7.16. The minimum absolute atomic E-state index is 0.00323. The van der Waals surface area contributed by atoms with Gasteiger partial charge in [-0.05, 0) is 30.5 Å². The van der Waals surface area contributed by atoms with Gasteiger partial charge in [-0.2, -0.15) is 0 Å². The monoisotopic (exact) mass is 409 g/mol. The lowest BCUT2D eigenvalue weighted by molar-refractivity contribution is -0.143. The predicted molar refractivity (Wildman–Crippen MR) is 105 cm³/mol. The van der Waals surface area contributed by atoms with Crippen LogP contribution in [0, 0.1) is 5.92 Å². The first-order valence-electron chi connectivity index (χ1n) is 8.68. The van der Waals surface area contributed by atoms with Gasteiger partial charge in [-0.1, -0.05) is 25.2 Å². The van der Waals surface area contributed by atoms with Gasteiger partial charge >= 0.3 is 12.1 Å². The van der Waals surface area contributed by atoms with Crippen molar-refractivity contribution in [3.8, 4) is 5.75 Å². The van der Waals surface area contributed by atoms with E-state index in [1.807, 2.05) is 13.8 Å². The zero-order valence-electron chi connectivity index (χ0n) is 15.8. The Morgan fingerprint density at radius 3 is 2.57 bits per heavy atom. The van der Waals surface area contributed by atoms with E-state index in [-0.39, 0.29) is 25.3 Å². The van der Waals surface area contributed by atoms with Crippen molar-refractivity contribution in [2.75, 3.05) is 19.0 Å². The average Bonchev–Trinajstić information content (AvgIpc) is 3.01. The molecule has 1 aromatic carbocycles. The number of carboxylic acid groups (broad SMARTS) is 2. The maximum Gasteiger partial charge on any atom is 0.408 e. The molecule has 3 N–H and O–H groups in total. The van der Waals surface area contributed by atoms with Crippen LogP contribution in [0.5, 0.6) is 5.75 Å². The van der Waals surface area contributed by atoms with E-state index in [9.17, 15) is 24.6 Å². The van der Waals surface area contributed by atoms with Gasteiger partial charge in [0.15, 0.2) is 5.13 Å². The molecule has 2 aromatic rings. The van der Waals surface area contributed by atoms with Crippen molar-refractivity contribution in [3.63, 3.8) is 0 Å². The Morgan fingerprint density at radius 2 is 2.00 bits per heavy atom. The minimum Gasteiger partial charge on any atom is -0.497 e. The molecule has 0 aliphatic heterocycles. The van der Waals surface area contributed by atoms with Crippen molar-refractivity contribution in [2.24, 2.45) is 5.92 Å². The normalized spacial score (nSPS) is 12.0. The van der Waals surface area contributed by atoms with Crippen LogP contribution < -0.4 is 10.1 Å². The van der Waals surface area contributed by atoms with Gasteiger partial charge in [-0.3, -0.25) is 9.69 Å². The summed E-state index contributed by atoms with van der Waals surface area (Å²) in [5.74, 6) is -0.991. The van der Waals surface area contributed by atoms with Gasteiger partial charge < -0.3 is 20.3 Å². The number of ether oxygens (including phenoxy) is 1. The largest absolute Gasteiger partial charge is 0.497 e. The molecule has 0 saturated heterocycles. The molecule has 0 aliphatic carbocycles. The lowest BCUT2D eigenvalue weighted by Gasteiger charge is -2.27. The van der Waals surface area contributed by atoms with Crippen LogP contribution in [0.4, 0.5) is 9.93 Å². The summed E-state index contributed by atoms with van der Waals surface area (Å²) in [6.07, 6.45) is -1.37. The van der Waals surface area contributed by atoms with Crippen LogP contribution in [-0.2, 0) is 9.59 Å². The number of carboxylic acids is 1. The Morgan fingerprint density at radius 1 is 1.29 bits per heavy atom. The first-order chi connectivity index (χ1) is 13.2. The Balaban J connectivity index is 2.02. The van der Waals surface area contributed by atoms with Crippen LogP contribution in [0.2, 0.25) is 0 Å². The third kappa shape index (κ3) is 5.56. The molecule has 0 bridgehead atoms. The standard InChI is InChI=1S/C18H23N3O6S/c1-10(2)8-13(16(23)24)21(18(25)26)7-6-15(22)20-17-19-12-5-4-11(27-3)9-14(12)28-17/h4-5,9-10,13H,6-8H2,1-3H3,(H,23,24)(H,25,26)(H,19,20,22). The van der Waals surface area contributed by atoms with E-state index in [0.717, 1.165) is 9.60 Å². The zero-order valence-corrected chi connectivity index (χ0v) is 16.7. The summed E-state index contributed by atoms with van der Waals surface area (Å²) in [5, 5.41) is 21.7. The topological polar surface area (TPSA) is 129 Å². The Hall–Kier alpha value is -2.88. The van der Waals surface area contributed by atoms with Crippen molar-refractivity contribution in [1.29, 1.82) is 0 Å². The van der Waals surface area contributed by atoms with Gasteiger partial charge in [0.2, 0.25) is 5.91 Å². The van der Waals surface area contributed by atoms with Gasteiger partial charge in [0.05, 0.1) is 17.3 Å². The first kappa shape index (κ1) is 21.4. The molecule has 0 fully saturated rings. The van der Waals surface area contributed by atoms with Crippen LogP contribution in [0.15, 0.2) is 18.2 Å². The molecule has 1 unspecified atom stereocenters. The summed E-state index contributed by atoms with van der Waals surface area (Å²) < 4.78 is 5.99. The second kappa shape index (κ2) is 9.36. The van der Waals surface area contributed by atoms with Crippen molar-refractivity contribution in [1.82, 2.24) is 9.88 Å². The number of methoxy groups -OCH3 is 1. The molecule has 1 aromatic heterocycles. The van der Waals surface area contributed by atoms with E-state index in [4.69, 9.17) is 4.74 Å². The summed E-state index contributed by atoms with van der Waals surface area (Å²) >= 11 is 1.27. The van der Waals surface area contributed by atoms with E-state index >= 15 is 0 Å². The molecule has 28 heavy (non-hydrogen) atoms. The van der Waals surface area contributed by atoms with Crippen LogP contribution >= 0.6 is 11.3 Å². The number of benzene rings is 1. The maximum atomic E-state index is 12.2. The van der Waals surface area contributed by atoms with Crippen molar-refractivity contribution in [3.05, 3.63) is 18.2 Å². The summed E-state index contributed by atoms with van der Waals surface area (Å²) in [7, 11) is 1.56. The van der Waals surface area contributed by atoms with Gasteiger partial charge in [0.25, 0.3) is 0 Å². The minimum atomic E-state index is -1.37. The van der Waals surface area contributed by atoms with E-state index in [2.05, 4.69) is 10.3 Å². The highest BCUT2D eigenvalue weighted by Crippen LogP contribution is 2.29. The summed E-state index contributed by atoms with van der Waals surface area (Å²) in [6.45, 7) is 3.40. The third-order valence-electron chi connectivity index (χ3n) is 4.02. The molecule has 0 saturated carbocycles. The smallest absolute Gasteiger partial charge is 0.408 e. The summed E-state index contributed by atoms with van der Waals surface area (Å²) in [5.41, 5.74) is 0.705. The number of amides is 2. The van der Waals surface area contributed by atoms with Crippen LogP contribution in [0.3, 0.4) is 0 Å². The Labute approximate surface area is 165 Å². The number of aromatic nitrogens is 1. The molecule has 2 amide bonds. The quantitative estimate of drug-likeness (QED) is 0.580. The van der Waals surface area contributed by atoms with Crippen LogP contribution in [0.25, 0.3) is 10.2 Å². The fourth-order valence-corrected chi connectivity index (χ4v) is 3.59. The van der Waals surface area contributed by atoms with Gasteiger partial charge in [-0.15, -0.1) is 0 Å². The van der Waals surface area contributed by atoms with Crippen LogP contribution in [-0.4, -0.2) is 57.8 Å². The fourth-order valence-electron chi connectivity index (χ4n) is 2.68. The predicted octanol–water partition coefficient (Wildman–Crippen LogP) is 3.11. The molecule has 1 atom stereocenters. The second-order valence-corrected chi connectivity index (χ2v) is 7.64. The second-order valence-electron chi connectivity index (χ2n) is 6.61. The highest BCUT2D eigenvalue weighted by atomic mass is 32.1. The molecule has 0 radical (unpaired) electrons. The molecule has 2 rings (SSSR count). The van der Waals surface area contributed by atoms with E-state index < -0.39 is 24.0 Å². The zero-order chi connectivity index (χ0) is 20.8. The number of hydrogen-bond donors (Lipinski definition) is 3. The summed E-state index contributed by atoms with van der Waals surface area (Å²) in [4.78, 5) is 40.2. The van der Waals surface area contributed by atoms with E-state index in [1.165, 1.54) is 11.3 Å². The van der Waals surface area contributed by atoms with E-state index in [0.29, 0.717) is 16.4 Å². The summed E-state index contributed by atoms with van der Waals surface area (Å²) in [6, 6.07) is 4.15. The molecule has 0 spiro atoms. The SMILES string of the molecule is COc1ccc2nc(NC(=O)CCN(C(=O)O)C(CC(C)C)C(=O)O)sc2c1. The number of rotatable bonds is 9. The first-order valence-corrected chi connectivity index (χ1v) is 9.49. The number of aliphatic carboxylic acids is 1. The van der Waals surface area contributed by atoms with Gasteiger partial charge in [-0.25, -0.2) is 14.6 Å². The highest BCUT2D eigenvalue weighted by Gasteiger charge is 2.30. The van der Waals surface area contributed by atoms with Gasteiger partial charge in [0.1, 0.15) is 11.8 Å². The lowest BCUT2D eigenvalue weighted by atomic mass is 10.0. The van der Waals surface area contributed by atoms with Crippen LogP contribution in [0.1, 0.15) is 26.7 Å². The number of hydrogen-bond acceptors (Lipinski definition) is 6. The number of fused-ring (bicyclic) bond motifs is 1. The number of nitrogens with one attached hydrogen (secondary N) is 1. The van der Waals surface area contributed by atoms with Crippen molar-refractivity contribution < 1.29 is 29.3 Å². The maximum absolute atomic E-state index is 12.2. The fraction of sp³-hybridized carbons (Fsp3) is 0.444. The molecular weight excluding hydrogens is 386 g/mol. The van der Waals surface area contributed by atoms with Crippen molar-refractivity contribution in [2.45, 2.75) is 32.7 Å². The molecule has 9 nitrogen and oxygen atoms in total. The highest BCUT2D eigenvalue weighted by molar-refractivity contribution is 7.22. The molecule has 10 heteroatoms. The van der Waals surface area contributed by atoms with Gasteiger partial charge in [0, 0.05) is 13.0 Å². The average molecular weight is 409 g/mol. The number of carbonyl (C=O) groups excluding carboxylic acids is 1. The number of anilines is 1. The molecular formula is C18H23N3O6S. The third-order valence-corrected chi connectivity index (χ3v) is 4.96. The molecule has 0 aliphatic rings. The lowest BCUT2D eigenvalue weighted by Crippen LogP contribution is -2.46. The number of nitrogens with zero attached hydrogens (tertiary/aromatic N) is 2. The Bertz CT molecular complexity index is 866. The van der Waals surface area contributed by atoms with Crippen molar-refractivity contribution >= 4 is 44.7 Å². The number of thiazole rings is 1. The van der Waals surface area contributed by atoms with E-state index in [1.54, 1.807) is 25.3 Å². The molecule has 1 heterocycles. The number of carbonyl (C=O) groups is 3.